The van der Waals surface area contributed by atoms with Crippen molar-refractivity contribution in [1.82, 2.24) is 9.38 Å². The van der Waals surface area contributed by atoms with Gasteiger partial charge in [-0.2, -0.15) is 18.4 Å². The first-order chi connectivity index (χ1) is 17.1. The van der Waals surface area contributed by atoms with E-state index < -0.39 is 23.7 Å². The number of rotatable bonds is 2. The maximum atomic E-state index is 13.9. The third-order valence-corrected chi connectivity index (χ3v) is 6.34. The molecule has 0 spiro atoms. The minimum absolute atomic E-state index is 0.0321. The van der Waals surface area contributed by atoms with Crippen LogP contribution in [-0.4, -0.2) is 14.5 Å². The number of hydrogen-bond donors (Lipinski definition) is 1. The number of allylic oxidation sites excluding steroid dienone is 1. The molecule has 3 heterocycles. The third kappa shape index (κ3) is 3.98. The Balaban J connectivity index is 1.61. The van der Waals surface area contributed by atoms with Crippen LogP contribution in [0, 0.1) is 17.1 Å². The van der Waals surface area contributed by atoms with Crippen LogP contribution < -0.4 is 4.74 Å². The first kappa shape index (κ1) is 23.9. The number of aliphatic hydroxyl groups excluding tert-OH is 1. The molecule has 4 aromatic rings. The molecule has 2 aromatic heterocycles. The Bertz CT molecular complexity index is 1600. The fraction of sp³-hybridized carbons (Fsp3) is 0.154. The van der Waals surface area contributed by atoms with E-state index in [0.29, 0.717) is 33.4 Å². The zero-order valence-electron chi connectivity index (χ0n) is 18.6. The molecule has 1 unspecified atom stereocenters. The fourth-order valence-corrected chi connectivity index (χ4v) is 4.62. The fourth-order valence-electron chi connectivity index (χ4n) is 4.34. The Labute approximate surface area is 207 Å². The summed E-state index contributed by atoms with van der Waals surface area (Å²) in [5.74, 6) is -0.205. The molecule has 10 heteroatoms. The van der Waals surface area contributed by atoms with Gasteiger partial charge in [0, 0.05) is 29.0 Å². The van der Waals surface area contributed by atoms with Crippen LogP contribution in [0.4, 0.5) is 17.6 Å². The number of nitrogens with zero attached hydrogens (tertiary/aromatic N) is 3. The molecule has 5 rings (SSSR count). The van der Waals surface area contributed by atoms with E-state index >= 15 is 0 Å². The van der Waals surface area contributed by atoms with Crippen molar-refractivity contribution >= 4 is 22.8 Å². The predicted molar refractivity (Wildman–Crippen MR) is 124 cm³/mol. The quantitative estimate of drug-likeness (QED) is 0.246. The van der Waals surface area contributed by atoms with Gasteiger partial charge in [-0.25, -0.2) is 9.37 Å². The maximum absolute atomic E-state index is 13.9. The van der Waals surface area contributed by atoms with Gasteiger partial charge < -0.3 is 9.84 Å². The average molecular weight is 514 g/mol. The minimum Gasteiger partial charge on any atom is -0.488 e. The van der Waals surface area contributed by atoms with E-state index in [1.165, 1.54) is 16.5 Å². The van der Waals surface area contributed by atoms with Crippen LogP contribution in [0.2, 0.25) is 5.15 Å². The molecule has 0 amide bonds. The van der Waals surface area contributed by atoms with Gasteiger partial charge in [0.05, 0.1) is 17.3 Å². The Morgan fingerprint density at radius 2 is 1.92 bits per heavy atom. The van der Waals surface area contributed by atoms with Crippen molar-refractivity contribution in [3.8, 4) is 11.8 Å². The number of aliphatic hydroxyl groups is 1. The summed E-state index contributed by atoms with van der Waals surface area (Å²) < 4.78 is 60.3. The number of alkyl halides is 3. The van der Waals surface area contributed by atoms with E-state index in [1.54, 1.807) is 31.2 Å². The lowest BCUT2D eigenvalue weighted by atomic mass is 9.89. The molecule has 1 aliphatic heterocycles. The lowest BCUT2D eigenvalue weighted by Crippen LogP contribution is -2.08. The van der Waals surface area contributed by atoms with Gasteiger partial charge in [-0.05, 0) is 53.9 Å². The topological polar surface area (TPSA) is 70.5 Å². The van der Waals surface area contributed by atoms with Gasteiger partial charge in [-0.15, -0.1) is 0 Å². The lowest BCUT2D eigenvalue weighted by Gasteiger charge is -2.16. The lowest BCUT2D eigenvalue weighted by molar-refractivity contribution is -0.137. The minimum atomic E-state index is -4.55. The van der Waals surface area contributed by atoms with Crippen LogP contribution in [-0.2, 0) is 12.8 Å². The number of fused-ring (bicyclic) bond motifs is 3. The van der Waals surface area contributed by atoms with Gasteiger partial charge in [0.15, 0.2) is 5.15 Å². The number of ether oxygens (including phenoxy) is 1. The summed E-state index contributed by atoms with van der Waals surface area (Å²) in [6, 6.07) is 12.9. The van der Waals surface area contributed by atoms with Gasteiger partial charge in [-0.1, -0.05) is 23.7 Å². The van der Waals surface area contributed by atoms with Crippen molar-refractivity contribution in [2.24, 2.45) is 0 Å². The van der Waals surface area contributed by atoms with Crippen LogP contribution in [0.25, 0.3) is 11.2 Å². The first-order valence-corrected chi connectivity index (χ1v) is 11.1. The first-order valence-electron chi connectivity index (χ1n) is 10.7. The number of aromatic nitrogens is 2. The second kappa shape index (κ2) is 8.66. The second-order valence-electron chi connectivity index (χ2n) is 8.29. The number of nitriles is 1. The third-order valence-electron chi connectivity index (χ3n) is 6.06. The standard InChI is InChI=1S/C26H16ClF4N3O2/c1-13(11-32)22-18-4-2-14(8-15(18)12-36-20-10-17(28)3-5-19(20)22)24(35)23-25(27)33-21-9-16(26(29,30)31)6-7-34(21)23/h2-10,24,35H,12H2,1H3/b22-13-. The molecule has 0 fully saturated rings. The van der Waals surface area contributed by atoms with Crippen LogP contribution in [0.5, 0.6) is 5.75 Å². The van der Waals surface area contributed by atoms with Gasteiger partial charge in [0.25, 0.3) is 0 Å². The largest absolute Gasteiger partial charge is 0.488 e. The summed E-state index contributed by atoms with van der Waals surface area (Å²) >= 11 is 6.23. The number of hydrogen-bond acceptors (Lipinski definition) is 4. The summed E-state index contributed by atoms with van der Waals surface area (Å²) in [6.07, 6.45) is -4.73. The normalized spacial score (nSPS) is 15.4. The summed E-state index contributed by atoms with van der Waals surface area (Å²) in [7, 11) is 0. The number of imidazole rings is 1. The molecular weight excluding hydrogens is 498 g/mol. The van der Waals surface area contributed by atoms with Crippen LogP contribution in [0.3, 0.4) is 0 Å². The van der Waals surface area contributed by atoms with Crippen LogP contribution >= 0.6 is 11.6 Å². The van der Waals surface area contributed by atoms with E-state index in [2.05, 4.69) is 11.1 Å². The Hall–Kier alpha value is -3.87. The predicted octanol–water partition coefficient (Wildman–Crippen LogP) is 6.47. The van der Waals surface area contributed by atoms with Crippen molar-refractivity contribution in [2.45, 2.75) is 25.8 Å². The number of pyridine rings is 1. The SMILES string of the molecule is C/C(C#N)=C1\c2ccc(C(O)c3c(Cl)nc4cc(C(F)(F)F)ccn34)cc2COc2cc(F)ccc21. The van der Waals surface area contributed by atoms with Crippen molar-refractivity contribution in [1.29, 1.82) is 5.26 Å². The van der Waals surface area contributed by atoms with Gasteiger partial charge in [0.1, 0.15) is 29.9 Å². The molecule has 1 N–H and O–H groups in total. The molecule has 1 atom stereocenters. The molecular formula is C26H16ClF4N3O2. The van der Waals surface area contributed by atoms with E-state index in [0.717, 1.165) is 18.3 Å². The molecule has 0 saturated heterocycles. The Morgan fingerprint density at radius 3 is 2.64 bits per heavy atom. The van der Waals surface area contributed by atoms with Crippen molar-refractivity contribution in [2.75, 3.05) is 0 Å². The average Bonchev–Trinajstić information content (AvgIpc) is 3.08. The molecule has 1 aliphatic rings. The van der Waals surface area contributed by atoms with E-state index in [1.807, 2.05) is 0 Å². The molecule has 0 radical (unpaired) electrons. The van der Waals surface area contributed by atoms with Gasteiger partial charge in [-0.3, -0.25) is 4.40 Å². The molecule has 0 saturated carbocycles. The van der Waals surface area contributed by atoms with Crippen molar-refractivity contribution < 1.29 is 27.4 Å². The summed E-state index contributed by atoms with van der Waals surface area (Å²) in [5, 5.41) is 20.6. The second-order valence-corrected chi connectivity index (χ2v) is 8.65. The van der Waals surface area contributed by atoms with Crippen molar-refractivity contribution in [3.63, 3.8) is 0 Å². The maximum Gasteiger partial charge on any atom is 0.416 e. The van der Waals surface area contributed by atoms with Crippen LogP contribution in [0.1, 0.15) is 46.5 Å². The summed E-state index contributed by atoms with van der Waals surface area (Å²) in [5.41, 5.74) is 2.37. The highest BCUT2D eigenvalue weighted by molar-refractivity contribution is 6.30. The molecule has 36 heavy (non-hydrogen) atoms. The van der Waals surface area contributed by atoms with E-state index in [-0.39, 0.29) is 28.9 Å². The highest BCUT2D eigenvalue weighted by atomic mass is 35.5. The summed E-state index contributed by atoms with van der Waals surface area (Å²) in [6.45, 7) is 1.68. The Kier molecular flexibility index (Phi) is 5.74. The molecule has 5 nitrogen and oxygen atoms in total. The Morgan fingerprint density at radius 1 is 1.17 bits per heavy atom. The van der Waals surface area contributed by atoms with Crippen LogP contribution in [0.15, 0.2) is 60.3 Å². The number of halogens is 5. The number of benzene rings is 2. The smallest absolute Gasteiger partial charge is 0.416 e. The van der Waals surface area contributed by atoms with Gasteiger partial charge >= 0.3 is 6.18 Å². The van der Waals surface area contributed by atoms with Crippen molar-refractivity contribution in [3.05, 3.63) is 105 Å². The van der Waals surface area contributed by atoms with E-state index in [4.69, 9.17) is 16.3 Å². The van der Waals surface area contributed by atoms with Gasteiger partial charge in [0.2, 0.25) is 0 Å². The highest BCUT2D eigenvalue weighted by Gasteiger charge is 2.32. The highest BCUT2D eigenvalue weighted by Crippen LogP contribution is 2.40. The molecule has 2 aromatic carbocycles. The zero-order valence-corrected chi connectivity index (χ0v) is 19.3. The summed E-state index contributed by atoms with van der Waals surface area (Å²) in [4.78, 5) is 3.98. The molecule has 0 aliphatic carbocycles. The zero-order chi connectivity index (χ0) is 25.8. The molecule has 182 valence electrons. The monoisotopic (exact) mass is 513 g/mol. The molecule has 0 bridgehead atoms. The van der Waals surface area contributed by atoms with E-state index in [9.17, 15) is 27.9 Å².